The van der Waals surface area contributed by atoms with Crippen molar-refractivity contribution in [1.82, 2.24) is 14.2 Å². The van der Waals surface area contributed by atoms with E-state index in [1.54, 1.807) is 13.8 Å². The quantitative estimate of drug-likeness (QED) is 0.669. The summed E-state index contributed by atoms with van der Waals surface area (Å²) in [7, 11) is -0.710. The Kier molecular flexibility index (Phi) is 6.81. The Morgan fingerprint density at radius 1 is 1.14 bits per heavy atom. The van der Waals surface area contributed by atoms with E-state index in [4.69, 9.17) is 4.74 Å². The van der Waals surface area contributed by atoms with Gasteiger partial charge in [0.05, 0.1) is 10.5 Å². The summed E-state index contributed by atoms with van der Waals surface area (Å²) in [6.07, 6.45) is -1.06. The number of H-pyrrole nitrogens is 1. The molecule has 10 heteroatoms. The van der Waals surface area contributed by atoms with E-state index in [9.17, 15) is 22.8 Å². The molecule has 9 nitrogen and oxygen atoms in total. The van der Waals surface area contributed by atoms with Gasteiger partial charge in [-0.2, -0.15) is 4.31 Å². The highest BCUT2D eigenvalue weighted by Gasteiger charge is 2.25. The zero-order valence-corrected chi connectivity index (χ0v) is 17.9. The molecule has 0 aliphatic rings. The molecule has 0 radical (unpaired) electrons. The van der Waals surface area contributed by atoms with Crippen LogP contribution in [0, 0.1) is 0 Å². The number of fused-ring (bicyclic) bond motifs is 1. The number of aromatic nitrogens is 1. The number of hydrogen-bond acceptors (Lipinski definition) is 6. The van der Waals surface area contributed by atoms with Crippen LogP contribution in [0.15, 0.2) is 34.0 Å². The van der Waals surface area contributed by atoms with Crippen molar-refractivity contribution in [2.75, 3.05) is 27.2 Å². The van der Waals surface area contributed by atoms with Gasteiger partial charge in [-0.3, -0.25) is 9.59 Å². The molecular weight excluding hydrogens is 398 g/mol. The Morgan fingerprint density at radius 3 is 2.31 bits per heavy atom. The summed E-state index contributed by atoms with van der Waals surface area (Å²) in [5, 5.41) is 0.215. The number of sulfonamides is 1. The van der Waals surface area contributed by atoms with Crippen molar-refractivity contribution < 1.29 is 22.7 Å². The highest BCUT2D eigenvalue weighted by Crippen LogP contribution is 2.23. The molecule has 0 aliphatic heterocycles. The standard InChI is InChI=1S/C19H25N3O6S/c1-6-22(7-2)29(26,27)13-8-9-16-14(10-13)15(11-17(23)20-16)19(25)28-12(3)18(24)21(4)5/h8-12H,6-7H2,1-5H3,(H,20,23)/t12-/m0/s1. The molecule has 1 atom stereocenters. The van der Waals surface area contributed by atoms with Crippen LogP contribution < -0.4 is 5.56 Å². The second-order valence-electron chi connectivity index (χ2n) is 6.62. The third-order valence-corrected chi connectivity index (χ3v) is 6.50. The summed E-state index contributed by atoms with van der Waals surface area (Å²) >= 11 is 0. The first-order valence-corrected chi connectivity index (χ1v) is 10.6. The number of carbonyl (C=O) groups is 2. The lowest BCUT2D eigenvalue weighted by atomic mass is 10.1. The van der Waals surface area contributed by atoms with Gasteiger partial charge in [-0.25, -0.2) is 13.2 Å². The first kappa shape index (κ1) is 22.6. The van der Waals surface area contributed by atoms with Crippen molar-refractivity contribution in [3.63, 3.8) is 0 Å². The lowest BCUT2D eigenvalue weighted by molar-refractivity contribution is -0.137. The zero-order chi connectivity index (χ0) is 21.9. The first-order chi connectivity index (χ1) is 13.5. The molecule has 0 aliphatic carbocycles. The molecule has 1 aromatic heterocycles. The molecule has 2 rings (SSSR count). The van der Waals surface area contributed by atoms with Gasteiger partial charge in [0.25, 0.3) is 5.91 Å². The van der Waals surface area contributed by atoms with Gasteiger partial charge in [-0.05, 0) is 25.1 Å². The molecule has 0 saturated carbocycles. The SMILES string of the molecule is CCN(CC)S(=O)(=O)c1ccc2[nH]c(=O)cc(C(=O)O[C@@H](C)C(=O)N(C)C)c2c1. The van der Waals surface area contributed by atoms with E-state index in [2.05, 4.69) is 4.98 Å². The largest absolute Gasteiger partial charge is 0.449 e. The number of benzene rings is 1. The van der Waals surface area contributed by atoms with Gasteiger partial charge in [-0.1, -0.05) is 13.8 Å². The highest BCUT2D eigenvalue weighted by molar-refractivity contribution is 7.89. The van der Waals surface area contributed by atoms with Gasteiger partial charge in [-0.15, -0.1) is 0 Å². The van der Waals surface area contributed by atoms with Crippen molar-refractivity contribution in [1.29, 1.82) is 0 Å². The smallest absolute Gasteiger partial charge is 0.339 e. The molecule has 1 heterocycles. The third-order valence-electron chi connectivity index (χ3n) is 4.45. The van der Waals surface area contributed by atoms with Gasteiger partial charge in [0.1, 0.15) is 0 Å². The fraction of sp³-hybridized carbons (Fsp3) is 0.421. The van der Waals surface area contributed by atoms with Crippen molar-refractivity contribution in [3.8, 4) is 0 Å². The molecule has 0 spiro atoms. The van der Waals surface area contributed by atoms with Crippen molar-refractivity contribution >= 4 is 32.8 Å². The second-order valence-corrected chi connectivity index (χ2v) is 8.56. The minimum absolute atomic E-state index is 0.00721. The number of likely N-dealkylation sites (N-methyl/N-ethyl adjacent to an activating group) is 1. The van der Waals surface area contributed by atoms with E-state index >= 15 is 0 Å². The predicted molar refractivity (Wildman–Crippen MR) is 108 cm³/mol. The number of amides is 1. The van der Waals surface area contributed by atoms with Gasteiger partial charge in [0, 0.05) is 44.2 Å². The number of hydrogen-bond donors (Lipinski definition) is 1. The summed E-state index contributed by atoms with van der Waals surface area (Å²) in [6.45, 7) is 5.46. The van der Waals surface area contributed by atoms with E-state index in [1.807, 2.05) is 0 Å². The van der Waals surface area contributed by atoms with Crippen LogP contribution in [0.1, 0.15) is 31.1 Å². The maximum Gasteiger partial charge on any atom is 0.339 e. The highest BCUT2D eigenvalue weighted by atomic mass is 32.2. The molecule has 1 aromatic carbocycles. The van der Waals surface area contributed by atoms with Gasteiger partial charge < -0.3 is 14.6 Å². The van der Waals surface area contributed by atoms with Crippen molar-refractivity contribution in [2.45, 2.75) is 31.8 Å². The van der Waals surface area contributed by atoms with Crippen LogP contribution in [0.3, 0.4) is 0 Å². The van der Waals surface area contributed by atoms with Gasteiger partial charge in [0.2, 0.25) is 15.6 Å². The van der Waals surface area contributed by atoms with Crippen LogP contribution in [-0.4, -0.2) is 67.8 Å². The summed E-state index contributed by atoms with van der Waals surface area (Å²) in [4.78, 5) is 40.4. The van der Waals surface area contributed by atoms with Gasteiger partial charge >= 0.3 is 5.97 Å². The Hall–Kier alpha value is -2.72. The maximum atomic E-state index is 12.8. The minimum atomic E-state index is -3.76. The van der Waals surface area contributed by atoms with E-state index in [0.717, 1.165) is 6.07 Å². The molecule has 0 unspecified atom stereocenters. The van der Waals surface area contributed by atoms with Crippen LogP contribution in [0.2, 0.25) is 0 Å². The maximum absolute atomic E-state index is 12.8. The fourth-order valence-corrected chi connectivity index (χ4v) is 4.40. The molecule has 29 heavy (non-hydrogen) atoms. The number of rotatable bonds is 7. The first-order valence-electron chi connectivity index (χ1n) is 9.12. The van der Waals surface area contributed by atoms with Crippen LogP contribution in [-0.2, 0) is 19.6 Å². The van der Waals surface area contributed by atoms with E-state index in [1.165, 1.54) is 48.4 Å². The fourth-order valence-electron chi connectivity index (χ4n) is 2.91. The molecule has 2 aromatic rings. The minimum Gasteiger partial charge on any atom is -0.449 e. The van der Waals surface area contributed by atoms with Crippen molar-refractivity contribution in [3.05, 3.63) is 40.2 Å². The monoisotopic (exact) mass is 423 g/mol. The molecule has 1 N–H and O–H groups in total. The number of esters is 1. The van der Waals surface area contributed by atoms with E-state index < -0.39 is 33.6 Å². The van der Waals surface area contributed by atoms with Gasteiger partial charge in [0.15, 0.2) is 6.10 Å². The van der Waals surface area contributed by atoms with E-state index in [-0.39, 0.29) is 21.4 Å². The zero-order valence-electron chi connectivity index (χ0n) is 17.1. The molecule has 0 saturated heterocycles. The number of aromatic amines is 1. The molecule has 0 bridgehead atoms. The molecule has 0 fully saturated rings. The van der Waals surface area contributed by atoms with Crippen LogP contribution in [0.4, 0.5) is 0 Å². The Labute approximate surface area is 169 Å². The van der Waals surface area contributed by atoms with Crippen LogP contribution >= 0.6 is 0 Å². The van der Waals surface area contributed by atoms with Crippen LogP contribution in [0.25, 0.3) is 10.9 Å². The number of nitrogens with one attached hydrogen (secondary N) is 1. The molecule has 158 valence electrons. The molecule has 1 amide bonds. The van der Waals surface area contributed by atoms with E-state index in [0.29, 0.717) is 13.1 Å². The number of carbonyl (C=O) groups excluding carboxylic acids is 2. The Balaban J connectivity index is 2.57. The third kappa shape index (κ3) is 4.65. The topological polar surface area (TPSA) is 117 Å². The van der Waals surface area contributed by atoms with Crippen LogP contribution in [0.5, 0.6) is 0 Å². The second kappa shape index (κ2) is 8.75. The summed E-state index contributed by atoms with van der Waals surface area (Å²) in [5.41, 5.74) is -0.372. The summed E-state index contributed by atoms with van der Waals surface area (Å²) in [5.74, 6) is -1.31. The Bertz CT molecular complexity index is 1090. The number of nitrogens with zero attached hydrogens (tertiary/aromatic N) is 2. The Morgan fingerprint density at radius 2 is 1.76 bits per heavy atom. The lowest BCUT2D eigenvalue weighted by Gasteiger charge is -2.19. The normalized spacial score (nSPS) is 12.8. The average Bonchev–Trinajstić information content (AvgIpc) is 2.66. The average molecular weight is 423 g/mol. The number of ether oxygens (including phenoxy) is 1. The summed E-state index contributed by atoms with van der Waals surface area (Å²) in [6, 6.07) is 5.16. The summed E-state index contributed by atoms with van der Waals surface area (Å²) < 4.78 is 32.1. The predicted octanol–water partition coefficient (Wildman–Crippen LogP) is 1.19. The number of pyridine rings is 1. The molecular formula is C19H25N3O6S. The van der Waals surface area contributed by atoms with Crippen molar-refractivity contribution in [2.24, 2.45) is 0 Å². The lowest BCUT2D eigenvalue weighted by Crippen LogP contribution is -2.35.